The average Bonchev–Trinajstić information content (AvgIpc) is 2.48. The molecule has 2 aromatic carbocycles. The first-order chi connectivity index (χ1) is 10.8. The van der Waals surface area contributed by atoms with Crippen molar-refractivity contribution in [3.8, 4) is 0 Å². The largest absolute Gasteiger partial charge is 0.399 e. The fraction of sp³-hybridized carbons (Fsp3) is 0.250. The molecule has 0 fully saturated rings. The van der Waals surface area contributed by atoms with E-state index in [0.717, 1.165) is 28.1 Å². The summed E-state index contributed by atoms with van der Waals surface area (Å²) in [6.45, 7) is 8.42. The zero-order valence-electron chi connectivity index (χ0n) is 14.3. The van der Waals surface area contributed by atoms with Crippen molar-refractivity contribution in [2.75, 3.05) is 5.73 Å². The second-order valence-corrected chi connectivity index (χ2v) is 6.80. The normalized spacial score (nSPS) is 12.5. The number of nitrogens with two attached hydrogens (primary N) is 1. The van der Waals surface area contributed by atoms with Gasteiger partial charge in [0.2, 0.25) is 0 Å². The summed E-state index contributed by atoms with van der Waals surface area (Å²) in [5.74, 6) is 0. The van der Waals surface area contributed by atoms with E-state index in [1.54, 1.807) is 0 Å². The number of rotatable bonds is 4. The van der Waals surface area contributed by atoms with Crippen molar-refractivity contribution < 1.29 is 0 Å². The van der Waals surface area contributed by atoms with Crippen LogP contribution in [0.1, 0.15) is 37.5 Å². The van der Waals surface area contributed by atoms with E-state index in [9.17, 15) is 0 Å². The molecule has 3 heteroatoms. The van der Waals surface area contributed by atoms with Gasteiger partial charge in [-0.3, -0.25) is 0 Å². The molecule has 0 spiro atoms. The van der Waals surface area contributed by atoms with Crippen molar-refractivity contribution in [2.45, 2.75) is 33.2 Å². The quantitative estimate of drug-likeness (QED) is 0.443. The van der Waals surface area contributed by atoms with Crippen LogP contribution in [0, 0.1) is 12.3 Å². The highest BCUT2D eigenvalue weighted by molar-refractivity contribution is 6.18. The Bertz CT molecular complexity index is 702. The summed E-state index contributed by atoms with van der Waals surface area (Å²) in [4.78, 5) is 0. The molecule has 0 bridgehead atoms. The van der Waals surface area contributed by atoms with Crippen LogP contribution in [0.2, 0.25) is 0 Å². The third-order valence-electron chi connectivity index (χ3n) is 3.48. The minimum absolute atomic E-state index is 0.109. The van der Waals surface area contributed by atoms with E-state index in [1.807, 2.05) is 24.3 Å². The molecule has 0 amide bonds. The topological polar surface area (TPSA) is 61.9 Å². The van der Waals surface area contributed by atoms with Gasteiger partial charge in [-0.15, -0.1) is 0 Å². The Labute approximate surface area is 138 Å². The molecule has 0 atom stereocenters. The Kier molecular flexibility index (Phi) is 4.89. The minimum atomic E-state index is -0.109. The first kappa shape index (κ1) is 16.8. The van der Waals surface area contributed by atoms with E-state index in [2.05, 4.69) is 57.3 Å². The lowest BCUT2D eigenvalue weighted by Crippen LogP contribution is -2.35. The fourth-order valence-electron chi connectivity index (χ4n) is 2.35. The lowest BCUT2D eigenvalue weighted by atomic mass is 9.97. The van der Waals surface area contributed by atoms with E-state index in [-0.39, 0.29) is 5.54 Å². The van der Waals surface area contributed by atoms with Gasteiger partial charge in [-0.2, -0.15) is 0 Å². The number of nitrogens with one attached hydrogen (secondary N) is 2. The lowest BCUT2D eigenvalue weighted by molar-refractivity contribution is 0.502. The van der Waals surface area contributed by atoms with Crippen LogP contribution >= 0.6 is 0 Å². The van der Waals surface area contributed by atoms with Crippen molar-refractivity contribution in [1.29, 1.82) is 5.41 Å². The summed E-state index contributed by atoms with van der Waals surface area (Å²) < 4.78 is 0. The molecule has 0 saturated heterocycles. The van der Waals surface area contributed by atoms with Crippen molar-refractivity contribution in [2.24, 2.45) is 0 Å². The van der Waals surface area contributed by atoms with Gasteiger partial charge in [0.1, 0.15) is 0 Å². The Hall–Kier alpha value is -2.55. The van der Waals surface area contributed by atoms with Crippen molar-refractivity contribution in [3.05, 3.63) is 65.2 Å². The molecule has 2 rings (SSSR count). The van der Waals surface area contributed by atoms with Crippen molar-refractivity contribution >= 4 is 23.2 Å². The third-order valence-corrected chi connectivity index (χ3v) is 3.48. The molecule has 23 heavy (non-hydrogen) atoms. The maximum atomic E-state index is 7.93. The Balaban J connectivity index is 2.62. The van der Waals surface area contributed by atoms with Crippen LogP contribution in [0.15, 0.2) is 48.5 Å². The van der Waals surface area contributed by atoms with Crippen LogP contribution in [-0.4, -0.2) is 11.8 Å². The van der Waals surface area contributed by atoms with Gasteiger partial charge in [0.05, 0.1) is 5.70 Å². The number of nitrogen functional groups attached to an aromatic ring is 1. The van der Waals surface area contributed by atoms with E-state index in [1.165, 1.54) is 11.8 Å². The second-order valence-electron chi connectivity index (χ2n) is 6.80. The van der Waals surface area contributed by atoms with Crippen LogP contribution in [0.25, 0.3) is 11.3 Å². The first-order valence-electron chi connectivity index (χ1n) is 7.76. The van der Waals surface area contributed by atoms with E-state index in [4.69, 9.17) is 11.1 Å². The molecule has 0 aliphatic rings. The standard InChI is InChI=1S/C20H25N3/c1-14-5-7-16(8-6-14)19(23-20(2,3)4)18(13-21)15-9-11-17(22)12-10-15/h5-13,21,23H,22H2,1-4H3/b19-18+,21-13?. The van der Waals surface area contributed by atoms with Crippen LogP contribution in [0.5, 0.6) is 0 Å². The highest BCUT2D eigenvalue weighted by Gasteiger charge is 2.17. The molecule has 0 unspecified atom stereocenters. The lowest BCUT2D eigenvalue weighted by Gasteiger charge is -2.26. The predicted molar refractivity (Wildman–Crippen MR) is 101 cm³/mol. The van der Waals surface area contributed by atoms with Gasteiger partial charge in [-0.25, -0.2) is 0 Å². The van der Waals surface area contributed by atoms with Gasteiger partial charge in [0, 0.05) is 23.0 Å². The van der Waals surface area contributed by atoms with Gasteiger partial charge >= 0.3 is 0 Å². The zero-order valence-corrected chi connectivity index (χ0v) is 14.3. The summed E-state index contributed by atoms with van der Waals surface area (Å²) in [7, 11) is 0. The molecule has 0 heterocycles. The zero-order chi connectivity index (χ0) is 17.0. The highest BCUT2D eigenvalue weighted by atomic mass is 15.0. The first-order valence-corrected chi connectivity index (χ1v) is 7.76. The van der Waals surface area contributed by atoms with Gasteiger partial charge in [0.25, 0.3) is 0 Å². The molecule has 4 N–H and O–H groups in total. The Morgan fingerprint density at radius 1 is 0.957 bits per heavy atom. The van der Waals surface area contributed by atoms with Crippen LogP contribution in [-0.2, 0) is 0 Å². The number of hydrogen-bond acceptors (Lipinski definition) is 3. The predicted octanol–water partition coefficient (Wildman–Crippen LogP) is 4.48. The number of benzene rings is 2. The minimum Gasteiger partial charge on any atom is -0.399 e. The molecule has 0 aromatic heterocycles. The average molecular weight is 307 g/mol. The third kappa shape index (κ3) is 4.46. The summed E-state index contributed by atoms with van der Waals surface area (Å²) >= 11 is 0. The molecule has 120 valence electrons. The van der Waals surface area contributed by atoms with Crippen LogP contribution in [0.3, 0.4) is 0 Å². The number of allylic oxidation sites excluding steroid dienone is 1. The van der Waals surface area contributed by atoms with Gasteiger partial charge in [0.15, 0.2) is 0 Å². The Morgan fingerprint density at radius 2 is 1.48 bits per heavy atom. The number of hydrogen-bond donors (Lipinski definition) is 3. The monoisotopic (exact) mass is 307 g/mol. The van der Waals surface area contributed by atoms with E-state index in [0.29, 0.717) is 0 Å². The highest BCUT2D eigenvalue weighted by Crippen LogP contribution is 2.26. The van der Waals surface area contributed by atoms with Crippen molar-refractivity contribution in [1.82, 2.24) is 5.32 Å². The SMILES string of the molecule is Cc1ccc(/C(NC(C)(C)C)=C(/C=N)c2ccc(N)cc2)cc1. The number of anilines is 1. The molecule has 2 aromatic rings. The molecule has 0 radical (unpaired) electrons. The van der Waals surface area contributed by atoms with Crippen LogP contribution < -0.4 is 11.1 Å². The summed E-state index contributed by atoms with van der Waals surface area (Å²) in [6.07, 6.45) is 1.40. The molecule has 0 aliphatic carbocycles. The summed E-state index contributed by atoms with van der Waals surface area (Å²) in [6, 6.07) is 16.0. The molecule has 0 saturated carbocycles. The molecule has 0 aliphatic heterocycles. The maximum Gasteiger partial charge on any atom is 0.0512 e. The van der Waals surface area contributed by atoms with Crippen LogP contribution in [0.4, 0.5) is 5.69 Å². The molecular weight excluding hydrogens is 282 g/mol. The summed E-state index contributed by atoms with van der Waals surface area (Å²) in [5.41, 5.74) is 11.5. The maximum absolute atomic E-state index is 7.93. The van der Waals surface area contributed by atoms with E-state index >= 15 is 0 Å². The second kappa shape index (κ2) is 6.69. The smallest absolute Gasteiger partial charge is 0.0512 e. The fourth-order valence-corrected chi connectivity index (χ4v) is 2.35. The van der Waals surface area contributed by atoms with Gasteiger partial charge in [-0.05, 0) is 51.0 Å². The number of aryl methyl sites for hydroxylation is 1. The molecular formula is C20H25N3. The van der Waals surface area contributed by atoms with Gasteiger partial charge in [-0.1, -0.05) is 42.0 Å². The summed E-state index contributed by atoms with van der Waals surface area (Å²) in [5, 5.41) is 11.5. The van der Waals surface area contributed by atoms with Crippen molar-refractivity contribution in [3.63, 3.8) is 0 Å². The Morgan fingerprint density at radius 3 is 1.96 bits per heavy atom. The van der Waals surface area contributed by atoms with Gasteiger partial charge < -0.3 is 16.5 Å². The van der Waals surface area contributed by atoms with E-state index < -0.39 is 0 Å². The molecule has 3 nitrogen and oxygen atoms in total.